The fourth-order valence-corrected chi connectivity index (χ4v) is 3.66. The van der Waals surface area contributed by atoms with Gasteiger partial charge in [-0.05, 0) is 58.5 Å². The molecule has 1 aromatic carbocycles. The smallest absolute Gasteiger partial charge is 0.238 e. The second-order valence-electron chi connectivity index (χ2n) is 8.88. The summed E-state index contributed by atoms with van der Waals surface area (Å²) in [5, 5.41) is 6.76. The lowest BCUT2D eigenvalue weighted by molar-refractivity contribution is -0.122. The number of carbonyl (C=O) groups is 1. The van der Waals surface area contributed by atoms with E-state index in [1.807, 2.05) is 30.9 Å². The zero-order chi connectivity index (χ0) is 22.6. The SMILES string of the molecule is CC[C@H](C)N1C(=O)C(C)(C)c2cnc(Nc3ccc(CNCCN(C)CC)cc3)nc21. The van der Waals surface area contributed by atoms with Gasteiger partial charge in [-0.1, -0.05) is 26.0 Å². The second-order valence-corrected chi connectivity index (χ2v) is 8.88. The van der Waals surface area contributed by atoms with Crippen molar-refractivity contribution in [2.45, 2.75) is 59.0 Å². The Morgan fingerprint density at radius 3 is 2.55 bits per heavy atom. The van der Waals surface area contributed by atoms with Crippen LogP contribution in [0.25, 0.3) is 0 Å². The first-order valence-electron chi connectivity index (χ1n) is 11.2. The van der Waals surface area contributed by atoms with Crippen molar-refractivity contribution < 1.29 is 4.79 Å². The van der Waals surface area contributed by atoms with E-state index in [9.17, 15) is 4.79 Å². The van der Waals surface area contributed by atoms with Crippen molar-refractivity contribution in [3.05, 3.63) is 41.6 Å². The van der Waals surface area contributed by atoms with Crippen LogP contribution in [0, 0.1) is 0 Å². The number of likely N-dealkylation sites (N-methyl/N-ethyl adjacent to an activating group) is 1. The molecule has 0 bridgehead atoms. The standard InChI is InChI=1S/C24H36N6O/c1-7-17(3)30-21-20(24(4,5)22(30)31)16-26-23(28-21)27-19-11-9-18(10-12-19)15-25-13-14-29(6)8-2/h9-12,16-17,25H,7-8,13-15H2,1-6H3,(H,26,27,28)/t17-/m0/s1. The van der Waals surface area contributed by atoms with Crippen LogP contribution in [-0.2, 0) is 16.8 Å². The third kappa shape index (κ3) is 5.05. The van der Waals surface area contributed by atoms with Crippen LogP contribution in [0.1, 0.15) is 52.2 Å². The fourth-order valence-electron chi connectivity index (χ4n) is 3.66. The van der Waals surface area contributed by atoms with Crippen LogP contribution in [0.5, 0.6) is 0 Å². The number of amides is 1. The minimum Gasteiger partial charge on any atom is -0.324 e. The summed E-state index contributed by atoms with van der Waals surface area (Å²) in [5.74, 6) is 1.32. The molecule has 2 N–H and O–H groups in total. The Morgan fingerprint density at radius 1 is 1.19 bits per heavy atom. The summed E-state index contributed by atoms with van der Waals surface area (Å²) in [7, 11) is 2.13. The quantitative estimate of drug-likeness (QED) is 0.567. The lowest BCUT2D eigenvalue weighted by atomic mass is 9.88. The molecule has 0 fully saturated rings. The molecule has 2 heterocycles. The molecule has 31 heavy (non-hydrogen) atoms. The zero-order valence-electron chi connectivity index (χ0n) is 19.7. The summed E-state index contributed by atoms with van der Waals surface area (Å²) in [6, 6.07) is 8.37. The summed E-state index contributed by atoms with van der Waals surface area (Å²) in [6.45, 7) is 14.1. The molecular weight excluding hydrogens is 388 g/mol. The zero-order valence-corrected chi connectivity index (χ0v) is 19.7. The molecule has 0 saturated heterocycles. The van der Waals surface area contributed by atoms with Gasteiger partial charge in [0.25, 0.3) is 0 Å². The first-order valence-corrected chi connectivity index (χ1v) is 11.2. The molecule has 0 unspecified atom stereocenters. The Labute approximate surface area is 186 Å². The lowest BCUT2D eigenvalue weighted by Crippen LogP contribution is -2.41. The monoisotopic (exact) mass is 424 g/mol. The van der Waals surface area contributed by atoms with E-state index < -0.39 is 5.41 Å². The maximum Gasteiger partial charge on any atom is 0.238 e. The van der Waals surface area contributed by atoms with Crippen molar-refractivity contribution in [3.63, 3.8) is 0 Å². The van der Waals surface area contributed by atoms with Gasteiger partial charge in [0.1, 0.15) is 5.82 Å². The lowest BCUT2D eigenvalue weighted by Gasteiger charge is -2.25. The van der Waals surface area contributed by atoms with Gasteiger partial charge in [0.05, 0.1) is 5.41 Å². The molecule has 0 aliphatic carbocycles. The van der Waals surface area contributed by atoms with Gasteiger partial charge in [-0.2, -0.15) is 4.98 Å². The van der Waals surface area contributed by atoms with Gasteiger partial charge in [0.15, 0.2) is 0 Å². The molecule has 1 aromatic heterocycles. The van der Waals surface area contributed by atoms with E-state index in [4.69, 9.17) is 4.98 Å². The molecule has 2 aromatic rings. The van der Waals surface area contributed by atoms with Gasteiger partial charge in [-0.3, -0.25) is 9.69 Å². The second kappa shape index (κ2) is 9.75. The number of carbonyl (C=O) groups excluding carboxylic acids is 1. The number of nitrogens with one attached hydrogen (secondary N) is 2. The molecule has 1 aliphatic rings. The maximum absolute atomic E-state index is 13.0. The van der Waals surface area contributed by atoms with Crippen molar-refractivity contribution in [2.75, 3.05) is 36.9 Å². The van der Waals surface area contributed by atoms with Gasteiger partial charge in [0, 0.05) is 43.1 Å². The van der Waals surface area contributed by atoms with E-state index in [1.54, 1.807) is 6.20 Å². The number of hydrogen-bond acceptors (Lipinski definition) is 6. The summed E-state index contributed by atoms with van der Waals surface area (Å²) in [6.07, 6.45) is 2.66. The summed E-state index contributed by atoms with van der Waals surface area (Å²) < 4.78 is 0. The largest absolute Gasteiger partial charge is 0.324 e. The molecule has 0 saturated carbocycles. The van der Waals surface area contributed by atoms with Crippen molar-refractivity contribution in [3.8, 4) is 0 Å². The average molecular weight is 425 g/mol. The Bertz CT molecular complexity index is 895. The van der Waals surface area contributed by atoms with Crippen LogP contribution in [0.3, 0.4) is 0 Å². The highest BCUT2D eigenvalue weighted by Crippen LogP contribution is 2.41. The predicted molar refractivity (Wildman–Crippen MR) is 127 cm³/mol. The highest BCUT2D eigenvalue weighted by atomic mass is 16.2. The van der Waals surface area contributed by atoms with E-state index in [2.05, 4.69) is 60.5 Å². The van der Waals surface area contributed by atoms with E-state index in [0.717, 1.165) is 49.7 Å². The minimum absolute atomic E-state index is 0.0882. The third-order valence-electron chi connectivity index (χ3n) is 6.20. The molecule has 1 aliphatic heterocycles. The van der Waals surface area contributed by atoms with Crippen LogP contribution < -0.4 is 15.5 Å². The number of benzene rings is 1. The third-order valence-corrected chi connectivity index (χ3v) is 6.20. The van der Waals surface area contributed by atoms with Crippen LogP contribution in [0.2, 0.25) is 0 Å². The average Bonchev–Trinajstić information content (AvgIpc) is 2.96. The van der Waals surface area contributed by atoms with Crippen LogP contribution in [0.15, 0.2) is 30.5 Å². The number of anilines is 3. The number of fused-ring (bicyclic) bond motifs is 1. The molecule has 0 spiro atoms. The Morgan fingerprint density at radius 2 is 1.90 bits per heavy atom. The van der Waals surface area contributed by atoms with E-state index in [-0.39, 0.29) is 11.9 Å². The van der Waals surface area contributed by atoms with E-state index >= 15 is 0 Å². The fraction of sp³-hybridized carbons (Fsp3) is 0.542. The summed E-state index contributed by atoms with van der Waals surface area (Å²) >= 11 is 0. The van der Waals surface area contributed by atoms with Crippen molar-refractivity contribution in [1.29, 1.82) is 0 Å². The topological polar surface area (TPSA) is 73.4 Å². The molecule has 1 amide bonds. The first kappa shape index (κ1) is 23.2. The Balaban J connectivity index is 1.67. The van der Waals surface area contributed by atoms with Crippen LogP contribution >= 0.6 is 0 Å². The van der Waals surface area contributed by atoms with Crippen LogP contribution in [0.4, 0.5) is 17.5 Å². The van der Waals surface area contributed by atoms with Crippen molar-refractivity contribution in [1.82, 2.24) is 20.2 Å². The van der Waals surface area contributed by atoms with Crippen molar-refractivity contribution >= 4 is 23.4 Å². The Kier molecular flexibility index (Phi) is 7.28. The predicted octanol–water partition coefficient (Wildman–Crippen LogP) is 3.68. The maximum atomic E-state index is 13.0. The number of rotatable bonds is 10. The summed E-state index contributed by atoms with van der Waals surface area (Å²) in [4.78, 5) is 26.3. The van der Waals surface area contributed by atoms with Gasteiger partial charge in [0.2, 0.25) is 11.9 Å². The van der Waals surface area contributed by atoms with E-state index in [1.165, 1.54) is 5.56 Å². The van der Waals surface area contributed by atoms with Crippen molar-refractivity contribution in [2.24, 2.45) is 0 Å². The minimum atomic E-state index is -0.599. The molecule has 7 nitrogen and oxygen atoms in total. The number of nitrogens with zero attached hydrogens (tertiary/aromatic N) is 4. The van der Waals surface area contributed by atoms with Gasteiger partial charge >= 0.3 is 0 Å². The Hall–Kier alpha value is -2.51. The highest BCUT2D eigenvalue weighted by molar-refractivity contribution is 6.07. The van der Waals surface area contributed by atoms with Crippen LogP contribution in [-0.4, -0.2) is 53.5 Å². The summed E-state index contributed by atoms with van der Waals surface area (Å²) in [5.41, 5.74) is 2.44. The van der Waals surface area contributed by atoms with E-state index in [0.29, 0.717) is 5.95 Å². The van der Waals surface area contributed by atoms with Gasteiger partial charge in [-0.25, -0.2) is 4.98 Å². The highest BCUT2D eigenvalue weighted by Gasteiger charge is 2.46. The number of aromatic nitrogens is 2. The molecule has 0 radical (unpaired) electrons. The first-order chi connectivity index (χ1) is 14.8. The van der Waals surface area contributed by atoms with Gasteiger partial charge < -0.3 is 15.5 Å². The number of hydrogen-bond donors (Lipinski definition) is 2. The molecule has 7 heteroatoms. The molecular formula is C24H36N6O. The van der Waals surface area contributed by atoms with Gasteiger partial charge in [-0.15, -0.1) is 0 Å². The molecule has 168 valence electrons. The molecule has 3 rings (SSSR count). The molecule has 1 atom stereocenters. The normalized spacial score (nSPS) is 16.0.